The predicted octanol–water partition coefficient (Wildman–Crippen LogP) is 2.46. The zero-order valence-corrected chi connectivity index (χ0v) is 13.8. The van der Waals surface area contributed by atoms with Gasteiger partial charge in [-0.2, -0.15) is 5.10 Å². The summed E-state index contributed by atoms with van der Waals surface area (Å²) in [5.74, 6) is -0.931. The molecule has 0 spiro atoms. The molecule has 0 saturated carbocycles. The summed E-state index contributed by atoms with van der Waals surface area (Å²) in [6.07, 6.45) is 0. The van der Waals surface area contributed by atoms with Crippen molar-refractivity contribution in [3.05, 3.63) is 51.8 Å². The molecule has 5 nitrogen and oxygen atoms in total. The zero-order valence-electron chi connectivity index (χ0n) is 12.2. The van der Waals surface area contributed by atoms with Gasteiger partial charge in [0.15, 0.2) is 5.54 Å². The maximum atomic E-state index is 11.9. The van der Waals surface area contributed by atoms with Crippen LogP contribution in [0.5, 0.6) is 0 Å². The highest BCUT2D eigenvalue weighted by Crippen LogP contribution is 2.27. The quantitative estimate of drug-likeness (QED) is 0.868. The number of likely N-dealkylation sites (N-methyl/N-ethyl adjacent to an activating group) is 1. The molecule has 0 aliphatic carbocycles. The van der Waals surface area contributed by atoms with Gasteiger partial charge in [-0.25, -0.2) is 4.79 Å². The molecule has 1 atom stereocenters. The van der Waals surface area contributed by atoms with Gasteiger partial charge in [0, 0.05) is 5.69 Å². The minimum atomic E-state index is -1.22. The van der Waals surface area contributed by atoms with E-state index in [1.54, 1.807) is 11.7 Å². The lowest BCUT2D eigenvalue weighted by atomic mass is 9.90. The van der Waals surface area contributed by atoms with Crippen molar-refractivity contribution in [2.75, 3.05) is 7.05 Å². The number of aliphatic carboxylic acids is 1. The first-order valence-corrected chi connectivity index (χ1v) is 7.39. The maximum absolute atomic E-state index is 11.9. The number of hydrogen-bond donors (Lipinski definition) is 2. The normalized spacial score (nSPS) is 13.9. The fourth-order valence-electron chi connectivity index (χ4n) is 2.39. The zero-order chi connectivity index (χ0) is 15.6. The first kappa shape index (κ1) is 15.7. The van der Waals surface area contributed by atoms with E-state index in [4.69, 9.17) is 0 Å². The topological polar surface area (TPSA) is 67.2 Å². The lowest BCUT2D eigenvalue weighted by molar-refractivity contribution is -0.146. The number of carboxylic acid groups (broad SMARTS) is 1. The number of benzene rings is 1. The molecule has 0 radical (unpaired) electrons. The van der Waals surface area contributed by atoms with E-state index in [1.165, 1.54) is 0 Å². The van der Waals surface area contributed by atoms with E-state index in [9.17, 15) is 9.90 Å². The highest BCUT2D eigenvalue weighted by atomic mass is 79.9. The molecule has 112 valence electrons. The molecule has 2 rings (SSSR count). The summed E-state index contributed by atoms with van der Waals surface area (Å²) in [5, 5.41) is 17.2. The number of rotatable bonds is 5. The van der Waals surface area contributed by atoms with Gasteiger partial charge >= 0.3 is 5.97 Å². The number of carboxylic acids is 1. The summed E-state index contributed by atoms with van der Waals surface area (Å²) >= 11 is 3.47. The van der Waals surface area contributed by atoms with Crippen LogP contribution >= 0.6 is 15.9 Å². The molecule has 2 N–H and O–H groups in total. The van der Waals surface area contributed by atoms with E-state index in [2.05, 4.69) is 26.3 Å². The molecular formula is C15H18BrN3O2. The predicted molar refractivity (Wildman–Crippen MR) is 84.2 cm³/mol. The van der Waals surface area contributed by atoms with E-state index in [0.717, 1.165) is 15.9 Å². The Labute approximate surface area is 132 Å². The Morgan fingerprint density at radius 1 is 1.38 bits per heavy atom. The van der Waals surface area contributed by atoms with Gasteiger partial charge in [-0.1, -0.05) is 30.3 Å². The number of aryl methyl sites for hydroxylation is 1. The van der Waals surface area contributed by atoms with Crippen molar-refractivity contribution < 1.29 is 9.90 Å². The highest BCUT2D eigenvalue weighted by Gasteiger charge is 2.40. The Balaban J connectivity index is 2.51. The minimum Gasteiger partial charge on any atom is -0.480 e. The summed E-state index contributed by atoms with van der Waals surface area (Å²) in [7, 11) is 1.65. The molecule has 0 fully saturated rings. The van der Waals surface area contributed by atoms with Gasteiger partial charge in [-0.3, -0.25) is 10.00 Å². The Morgan fingerprint density at radius 3 is 2.43 bits per heavy atom. The molecule has 1 heterocycles. The molecule has 0 bridgehead atoms. The van der Waals surface area contributed by atoms with Gasteiger partial charge in [0.05, 0.1) is 16.7 Å². The van der Waals surface area contributed by atoms with Gasteiger partial charge in [0.25, 0.3) is 0 Å². The number of nitrogens with zero attached hydrogens (tertiary/aromatic N) is 2. The SMILES string of the molecule is CNC(Cn1nc(C)c(Br)c1C)(C(=O)O)c1ccccc1. The third kappa shape index (κ3) is 2.73. The van der Waals surface area contributed by atoms with Crippen LogP contribution in [0.4, 0.5) is 0 Å². The van der Waals surface area contributed by atoms with Crippen LogP contribution in [0.2, 0.25) is 0 Å². The Bertz CT molecular complexity index is 654. The molecule has 6 heteroatoms. The molecule has 0 aliphatic heterocycles. The number of halogens is 1. The minimum absolute atomic E-state index is 0.209. The van der Waals surface area contributed by atoms with E-state index in [-0.39, 0.29) is 6.54 Å². The maximum Gasteiger partial charge on any atom is 0.330 e. The van der Waals surface area contributed by atoms with Crippen LogP contribution in [-0.2, 0) is 16.9 Å². The fraction of sp³-hybridized carbons (Fsp3) is 0.333. The average molecular weight is 352 g/mol. The van der Waals surface area contributed by atoms with Crippen molar-refractivity contribution in [1.82, 2.24) is 15.1 Å². The van der Waals surface area contributed by atoms with Gasteiger partial charge in [0.1, 0.15) is 0 Å². The van der Waals surface area contributed by atoms with Gasteiger partial charge in [-0.05, 0) is 42.4 Å². The monoisotopic (exact) mass is 351 g/mol. The number of nitrogens with one attached hydrogen (secondary N) is 1. The number of carbonyl (C=O) groups is 1. The van der Waals surface area contributed by atoms with Crippen LogP contribution in [-0.4, -0.2) is 27.9 Å². The third-order valence-electron chi connectivity index (χ3n) is 3.74. The molecular weight excluding hydrogens is 334 g/mol. The second-order valence-corrected chi connectivity index (χ2v) is 5.76. The molecule has 21 heavy (non-hydrogen) atoms. The highest BCUT2D eigenvalue weighted by molar-refractivity contribution is 9.10. The van der Waals surface area contributed by atoms with Crippen LogP contribution in [0.1, 0.15) is 17.0 Å². The first-order valence-electron chi connectivity index (χ1n) is 6.59. The van der Waals surface area contributed by atoms with Crippen molar-refractivity contribution in [3.63, 3.8) is 0 Å². The molecule has 1 unspecified atom stereocenters. The first-order chi connectivity index (χ1) is 9.92. The van der Waals surface area contributed by atoms with E-state index >= 15 is 0 Å². The van der Waals surface area contributed by atoms with E-state index < -0.39 is 11.5 Å². The summed E-state index contributed by atoms with van der Waals surface area (Å²) < 4.78 is 2.63. The van der Waals surface area contributed by atoms with Crippen molar-refractivity contribution >= 4 is 21.9 Å². The van der Waals surface area contributed by atoms with Gasteiger partial charge < -0.3 is 5.11 Å². The van der Waals surface area contributed by atoms with E-state index in [0.29, 0.717) is 5.56 Å². The standard InChI is InChI=1S/C15H18BrN3O2/c1-10-13(16)11(2)19(18-10)9-15(17-3,14(20)21)12-7-5-4-6-8-12/h4-8,17H,9H2,1-3H3,(H,20,21). The van der Waals surface area contributed by atoms with Crippen LogP contribution in [0.25, 0.3) is 0 Å². The molecule has 1 aromatic carbocycles. The number of hydrogen-bond acceptors (Lipinski definition) is 3. The van der Waals surface area contributed by atoms with Crippen molar-refractivity contribution in [3.8, 4) is 0 Å². The van der Waals surface area contributed by atoms with Crippen LogP contribution < -0.4 is 5.32 Å². The van der Waals surface area contributed by atoms with E-state index in [1.807, 2.05) is 44.2 Å². The Morgan fingerprint density at radius 2 is 2.00 bits per heavy atom. The molecule has 0 saturated heterocycles. The second-order valence-electron chi connectivity index (χ2n) is 4.97. The second kappa shape index (κ2) is 5.99. The Hall–Kier alpha value is -1.66. The van der Waals surface area contributed by atoms with Crippen molar-refractivity contribution in [1.29, 1.82) is 0 Å². The molecule has 1 aromatic heterocycles. The number of aromatic nitrogens is 2. The van der Waals surface area contributed by atoms with Crippen molar-refractivity contribution in [2.24, 2.45) is 0 Å². The molecule has 0 aliphatic rings. The van der Waals surface area contributed by atoms with Crippen LogP contribution in [0.15, 0.2) is 34.8 Å². The summed E-state index contributed by atoms with van der Waals surface area (Å²) in [4.78, 5) is 11.9. The van der Waals surface area contributed by atoms with Crippen molar-refractivity contribution in [2.45, 2.75) is 25.9 Å². The molecule has 2 aromatic rings. The van der Waals surface area contributed by atoms with Crippen LogP contribution in [0.3, 0.4) is 0 Å². The van der Waals surface area contributed by atoms with Crippen LogP contribution in [0, 0.1) is 13.8 Å². The van der Waals surface area contributed by atoms with Gasteiger partial charge in [-0.15, -0.1) is 0 Å². The summed E-state index contributed by atoms with van der Waals surface area (Å²) in [5.41, 5.74) is 1.23. The largest absolute Gasteiger partial charge is 0.480 e. The average Bonchev–Trinajstić information content (AvgIpc) is 2.72. The Kier molecular flexibility index (Phi) is 4.49. The fourth-order valence-corrected chi connectivity index (χ4v) is 2.67. The smallest absolute Gasteiger partial charge is 0.330 e. The molecule has 0 amide bonds. The summed E-state index contributed by atoms with van der Waals surface area (Å²) in [6, 6.07) is 9.16. The third-order valence-corrected chi connectivity index (χ3v) is 4.89. The lowest BCUT2D eigenvalue weighted by Crippen LogP contribution is -2.51. The summed E-state index contributed by atoms with van der Waals surface area (Å²) in [6.45, 7) is 4.01. The van der Waals surface area contributed by atoms with Gasteiger partial charge in [0.2, 0.25) is 0 Å². The lowest BCUT2D eigenvalue weighted by Gasteiger charge is -2.30.